The lowest BCUT2D eigenvalue weighted by Crippen LogP contribution is -2.42. The summed E-state index contributed by atoms with van der Waals surface area (Å²) >= 11 is 0. The Hall–Kier alpha value is -1.95. The quantitative estimate of drug-likeness (QED) is 0.889. The van der Waals surface area contributed by atoms with Gasteiger partial charge in [0.1, 0.15) is 5.82 Å². The predicted molar refractivity (Wildman–Crippen MR) is 86.5 cm³/mol. The average molecular weight is 304 g/mol. The predicted octanol–water partition coefficient (Wildman–Crippen LogP) is 1.91. The monoisotopic (exact) mass is 304 g/mol. The van der Waals surface area contributed by atoms with E-state index in [1.165, 1.54) is 18.2 Å². The number of nitrogens with zero attached hydrogens (tertiary/aromatic N) is 2. The van der Waals surface area contributed by atoms with Gasteiger partial charge in [-0.2, -0.15) is 0 Å². The Kier molecular flexibility index (Phi) is 5.49. The minimum atomic E-state index is -0.472. The molecule has 1 atom stereocenters. The van der Waals surface area contributed by atoms with Crippen LogP contribution in [0.2, 0.25) is 0 Å². The van der Waals surface area contributed by atoms with Crippen LogP contribution in [0.15, 0.2) is 18.3 Å². The summed E-state index contributed by atoms with van der Waals surface area (Å²) in [6.07, 6.45) is 7.13. The molecular weight excluding hydrogens is 280 g/mol. The first-order chi connectivity index (χ1) is 10.5. The minimum absolute atomic E-state index is 0.0939. The van der Waals surface area contributed by atoms with Crippen molar-refractivity contribution in [3.05, 3.63) is 18.3 Å². The van der Waals surface area contributed by atoms with Crippen molar-refractivity contribution in [2.24, 2.45) is 11.7 Å². The third kappa shape index (κ3) is 4.04. The lowest BCUT2D eigenvalue weighted by Gasteiger charge is -2.26. The Morgan fingerprint density at radius 2 is 2.00 bits per heavy atom. The van der Waals surface area contributed by atoms with Crippen LogP contribution in [0.3, 0.4) is 0 Å². The number of nitrogens with one attached hydrogen (secondary N) is 1. The second-order valence-corrected chi connectivity index (χ2v) is 5.90. The number of rotatable bonds is 4. The van der Waals surface area contributed by atoms with Crippen LogP contribution in [0.5, 0.6) is 0 Å². The molecule has 0 aromatic carbocycles. The van der Waals surface area contributed by atoms with E-state index >= 15 is 0 Å². The van der Waals surface area contributed by atoms with Crippen molar-refractivity contribution in [3.63, 3.8) is 0 Å². The van der Waals surface area contributed by atoms with E-state index in [1.807, 2.05) is 0 Å². The van der Waals surface area contributed by atoms with E-state index in [0.29, 0.717) is 11.5 Å². The third-order valence-electron chi connectivity index (χ3n) is 4.29. The van der Waals surface area contributed by atoms with Crippen molar-refractivity contribution < 1.29 is 9.59 Å². The second-order valence-electron chi connectivity index (χ2n) is 5.90. The lowest BCUT2D eigenvalue weighted by molar-refractivity contribution is -0.119. The summed E-state index contributed by atoms with van der Waals surface area (Å²) in [6, 6.07) is 2.95. The highest BCUT2D eigenvalue weighted by Gasteiger charge is 2.26. The molecule has 0 saturated heterocycles. The van der Waals surface area contributed by atoms with Gasteiger partial charge in [0.05, 0.1) is 17.9 Å². The van der Waals surface area contributed by atoms with Gasteiger partial charge in [0, 0.05) is 14.0 Å². The number of anilines is 2. The molecule has 22 heavy (non-hydrogen) atoms. The van der Waals surface area contributed by atoms with Gasteiger partial charge in [-0.3, -0.25) is 9.59 Å². The maximum absolute atomic E-state index is 12.2. The van der Waals surface area contributed by atoms with Gasteiger partial charge in [0.15, 0.2) is 0 Å². The van der Waals surface area contributed by atoms with Crippen molar-refractivity contribution >= 4 is 23.3 Å². The van der Waals surface area contributed by atoms with Gasteiger partial charge in [-0.1, -0.05) is 19.3 Å². The van der Waals surface area contributed by atoms with Crippen LogP contribution >= 0.6 is 0 Å². The van der Waals surface area contributed by atoms with E-state index in [4.69, 9.17) is 5.73 Å². The fraction of sp³-hybridized carbons (Fsp3) is 0.562. The van der Waals surface area contributed by atoms with Gasteiger partial charge in [-0.15, -0.1) is 0 Å². The number of nitrogens with two attached hydrogens (primary N) is 1. The maximum atomic E-state index is 12.2. The van der Waals surface area contributed by atoms with Crippen LogP contribution in [0.1, 0.15) is 39.0 Å². The summed E-state index contributed by atoms with van der Waals surface area (Å²) in [7, 11) is 1.65. The third-order valence-corrected chi connectivity index (χ3v) is 4.29. The highest BCUT2D eigenvalue weighted by molar-refractivity contribution is 5.95. The van der Waals surface area contributed by atoms with Crippen LogP contribution in [0.25, 0.3) is 0 Å². The normalized spacial score (nSPS) is 16.9. The molecule has 2 amide bonds. The zero-order valence-electron chi connectivity index (χ0n) is 13.2. The molecule has 6 nitrogen and oxygen atoms in total. The van der Waals surface area contributed by atoms with E-state index in [2.05, 4.69) is 10.3 Å². The molecule has 0 bridgehead atoms. The van der Waals surface area contributed by atoms with Gasteiger partial charge in [0.25, 0.3) is 0 Å². The van der Waals surface area contributed by atoms with E-state index in [0.717, 1.165) is 25.7 Å². The lowest BCUT2D eigenvalue weighted by atomic mass is 9.84. The van der Waals surface area contributed by atoms with E-state index in [9.17, 15) is 9.59 Å². The Bertz CT molecular complexity index is 523. The van der Waals surface area contributed by atoms with Crippen molar-refractivity contribution in [3.8, 4) is 0 Å². The SMILES string of the molecule is CC(=O)N(C)c1ccc(NC(=O)[C@@H](N)C2CCCCC2)cn1. The van der Waals surface area contributed by atoms with E-state index < -0.39 is 6.04 Å². The molecular formula is C16H24N4O2. The summed E-state index contributed by atoms with van der Waals surface area (Å²) in [4.78, 5) is 29.1. The number of aromatic nitrogens is 1. The van der Waals surface area contributed by atoms with Gasteiger partial charge < -0.3 is 16.0 Å². The van der Waals surface area contributed by atoms with E-state index in [1.54, 1.807) is 25.4 Å². The molecule has 1 aromatic heterocycles. The standard InChI is InChI=1S/C16H24N4O2/c1-11(21)20(2)14-9-8-13(10-18-14)19-16(22)15(17)12-6-4-3-5-7-12/h8-10,12,15H,3-7,17H2,1-2H3,(H,19,22)/t15-/m0/s1. The van der Waals surface area contributed by atoms with Gasteiger partial charge in [-0.05, 0) is 30.9 Å². The molecule has 3 N–H and O–H groups in total. The zero-order valence-corrected chi connectivity index (χ0v) is 13.2. The first-order valence-electron chi connectivity index (χ1n) is 7.76. The van der Waals surface area contributed by atoms with Crippen LogP contribution in [-0.2, 0) is 9.59 Å². The highest BCUT2D eigenvalue weighted by Crippen LogP contribution is 2.26. The molecule has 0 spiro atoms. The Balaban J connectivity index is 1.95. The average Bonchev–Trinajstić information content (AvgIpc) is 2.54. The van der Waals surface area contributed by atoms with Crippen molar-refractivity contribution in [1.29, 1.82) is 0 Å². The summed E-state index contributed by atoms with van der Waals surface area (Å²) in [5.74, 6) is 0.553. The molecule has 1 aliphatic carbocycles. The maximum Gasteiger partial charge on any atom is 0.241 e. The smallest absolute Gasteiger partial charge is 0.241 e. The summed E-state index contributed by atoms with van der Waals surface area (Å²) in [5.41, 5.74) is 6.67. The topological polar surface area (TPSA) is 88.3 Å². The summed E-state index contributed by atoms with van der Waals surface area (Å²) in [6.45, 7) is 1.47. The molecule has 1 heterocycles. The van der Waals surface area contributed by atoms with Crippen LogP contribution in [-0.4, -0.2) is 29.9 Å². The van der Waals surface area contributed by atoms with Crippen molar-refractivity contribution in [2.75, 3.05) is 17.3 Å². The molecule has 0 radical (unpaired) electrons. The fourth-order valence-corrected chi connectivity index (χ4v) is 2.75. The number of pyridine rings is 1. The van der Waals surface area contributed by atoms with Gasteiger partial charge >= 0.3 is 0 Å². The summed E-state index contributed by atoms with van der Waals surface area (Å²) < 4.78 is 0. The van der Waals surface area contributed by atoms with Crippen LogP contribution in [0.4, 0.5) is 11.5 Å². The van der Waals surface area contributed by atoms with Gasteiger partial charge in [0.2, 0.25) is 11.8 Å². The largest absolute Gasteiger partial charge is 0.323 e. The van der Waals surface area contributed by atoms with Crippen molar-refractivity contribution in [1.82, 2.24) is 4.98 Å². The Labute approximate surface area is 131 Å². The van der Waals surface area contributed by atoms with Crippen LogP contribution < -0.4 is 16.0 Å². The number of amides is 2. The molecule has 1 aliphatic rings. The molecule has 1 fully saturated rings. The zero-order chi connectivity index (χ0) is 16.1. The molecule has 1 saturated carbocycles. The molecule has 6 heteroatoms. The van der Waals surface area contributed by atoms with Gasteiger partial charge in [-0.25, -0.2) is 4.98 Å². The summed E-state index contributed by atoms with van der Waals surface area (Å²) in [5, 5.41) is 2.80. The molecule has 2 rings (SSSR count). The number of hydrogen-bond acceptors (Lipinski definition) is 4. The number of hydrogen-bond donors (Lipinski definition) is 2. The number of carbonyl (C=O) groups is 2. The van der Waals surface area contributed by atoms with E-state index in [-0.39, 0.29) is 17.7 Å². The molecule has 0 aliphatic heterocycles. The first-order valence-corrected chi connectivity index (χ1v) is 7.76. The van der Waals surface area contributed by atoms with Crippen molar-refractivity contribution in [2.45, 2.75) is 45.1 Å². The fourth-order valence-electron chi connectivity index (χ4n) is 2.75. The first kappa shape index (κ1) is 16.4. The minimum Gasteiger partial charge on any atom is -0.323 e. The molecule has 120 valence electrons. The Morgan fingerprint density at radius 3 is 2.55 bits per heavy atom. The number of carbonyl (C=O) groups excluding carboxylic acids is 2. The second kappa shape index (κ2) is 7.35. The highest BCUT2D eigenvalue weighted by atomic mass is 16.2. The van der Waals surface area contributed by atoms with Crippen LogP contribution in [0, 0.1) is 5.92 Å². The Morgan fingerprint density at radius 1 is 1.32 bits per heavy atom. The molecule has 1 aromatic rings. The molecule has 0 unspecified atom stereocenters.